The van der Waals surface area contributed by atoms with Gasteiger partial charge in [0.15, 0.2) is 11.4 Å². The van der Waals surface area contributed by atoms with Gasteiger partial charge >= 0.3 is 0 Å². The fourth-order valence-electron chi connectivity index (χ4n) is 5.39. The number of thiazole rings is 1. The number of H-pyrrole nitrogens is 1. The van der Waals surface area contributed by atoms with Gasteiger partial charge in [0, 0.05) is 42.5 Å². The van der Waals surface area contributed by atoms with E-state index in [-0.39, 0.29) is 5.92 Å². The lowest BCUT2D eigenvalue weighted by atomic mass is 9.97. The summed E-state index contributed by atoms with van der Waals surface area (Å²) in [5.74, 6) is 0.942. The van der Waals surface area contributed by atoms with Crippen molar-refractivity contribution in [1.82, 2.24) is 34.7 Å². The molecule has 0 unspecified atom stereocenters. The third-order valence-electron chi connectivity index (χ3n) is 6.97. The van der Waals surface area contributed by atoms with E-state index < -0.39 is 0 Å². The first-order valence-corrected chi connectivity index (χ1v) is 12.3. The Bertz CT molecular complexity index is 1310. The van der Waals surface area contributed by atoms with Gasteiger partial charge < -0.3 is 9.64 Å². The Kier molecular flexibility index (Phi) is 4.88. The average molecular weight is 465 g/mol. The second-order valence-electron chi connectivity index (χ2n) is 9.13. The Balaban J connectivity index is 1.36. The van der Waals surface area contributed by atoms with Gasteiger partial charge in [-0.25, -0.2) is 14.5 Å². The molecule has 2 bridgehead atoms. The number of hydrogen-bond acceptors (Lipinski definition) is 8. The molecule has 2 aliphatic heterocycles. The van der Waals surface area contributed by atoms with Crippen LogP contribution in [0.25, 0.3) is 27.6 Å². The molecule has 0 aromatic carbocycles. The fourth-order valence-corrected chi connectivity index (χ4v) is 6.40. The summed E-state index contributed by atoms with van der Waals surface area (Å²) in [7, 11) is 1.65. The molecule has 6 heterocycles. The maximum absolute atomic E-state index is 5.56. The van der Waals surface area contributed by atoms with Crippen molar-refractivity contribution in [2.75, 3.05) is 31.6 Å². The summed E-state index contributed by atoms with van der Waals surface area (Å²) in [5, 5.41) is 14.5. The lowest BCUT2D eigenvalue weighted by Crippen LogP contribution is -2.45. The molecule has 33 heavy (non-hydrogen) atoms. The van der Waals surface area contributed by atoms with E-state index in [4.69, 9.17) is 14.8 Å². The van der Waals surface area contributed by atoms with E-state index in [1.807, 2.05) is 18.5 Å². The number of ether oxygens (including phenoxy) is 1. The Morgan fingerprint density at radius 2 is 2.12 bits per heavy atom. The quantitative estimate of drug-likeness (QED) is 0.466. The molecular weight excluding hydrogens is 436 g/mol. The first kappa shape index (κ1) is 20.6. The molecule has 2 atom stereocenters. The highest BCUT2D eigenvalue weighted by Gasteiger charge is 2.43. The maximum atomic E-state index is 5.56. The molecule has 172 valence electrons. The number of rotatable bonds is 6. The largest absolute Gasteiger partial charge is 0.493 e. The summed E-state index contributed by atoms with van der Waals surface area (Å²) in [4.78, 5) is 14.2. The highest BCUT2D eigenvalue weighted by molar-refractivity contribution is 7.18. The molecule has 10 heteroatoms. The predicted molar refractivity (Wildman–Crippen MR) is 129 cm³/mol. The van der Waals surface area contributed by atoms with Crippen molar-refractivity contribution in [3.8, 4) is 27.7 Å². The number of nitrogens with zero attached hydrogens (tertiary/aromatic N) is 7. The molecule has 2 saturated heterocycles. The van der Waals surface area contributed by atoms with Crippen molar-refractivity contribution in [3.63, 3.8) is 0 Å². The van der Waals surface area contributed by atoms with Crippen molar-refractivity contribution < 1.29 is 4.74 Å². The van der Waals surface area contributed by atoms with Crippen LogP contribution in [0.3, 0.4) is 0 Å². The highest BCUT2D eigenvalue weighted by atomic mass is 32.1. The van der Waals surface area contributed by atoms with Crippen LogP contribution in [-0.4, -0.2) is 73.5 Å². The van der Waals surface area contributed by atoms with Crippen molar-refractivity contribution in [3.05, 3.63) is 30.4 Å². The zero-order valence-corrected chi connectivity index (χ0v) is 20.1. The first-order valence-electron chi connectivity index (χ1n) is 11.5. The van der Waals surface area contributed by atoms with Crippen LogP contribution in [0.2, 0.25) is 0 Å². The van der Waals surface area contributed by atoms with Gasteiger partial charge in [-0.2, -0.15) is 10.2 Å². The lowest BCUT2D eigenvalue weighted by Gasteiger charge is -2.33. The number of likely N-dealkylation sites (N-methyl/N-ethyl adjacent to an activating group) is 1. The molecule has 0 radical (unpaired) electrons. The van der Waals surface area contributed by atoms with Crippen LogP contribution in [0.1, 0.15) is 38.7 Å². The van der Waals surface area contributed by atoms with Crippen LogP contribution in [0.4, 0.5) is 5.00 Å². The summed E-state index contributed by atoms with van der Waals surface area (Å²) >= 11 is 1.74. The molecule has 6 rings (SSSR count). The monoisotopic (exact) mass is 464 g/mol. The number of anilines is 1. The number of hydrogen-bond donors (Lipinski definition) is 1. The highest BCUT2D eigenvalue weighted by Crippen LogP contribution is 2.42. The second kappa shape index (κ2) is 7.81. The fraction of sp³-hybridized carbons (Fsp3) is 0.478. The van der Waals surface area contributed by atoms with E-state index >= 15 is 0 Å². The topological polar surface area (TPSA) is 87.5 Å². The summed E-state index contributed by atoms with van der Waals surface area (Å²) in [6.07, 6.45) is 6.78. The van der Waals surface area contributed by atoms with Gasteiger partial charge in [0.1, 0.15) is 22.0 Å². The summed E-state index contributed by atoms with van der Waals surface area (Å²) in [5.41, 5.74) is 4.69. The number of likely N-dealkylation sites (tertiary alicyclic amines) is 1. The van der Waals surface area contributed by atoms with E-state index in [2.05, 4.69) is 45.8 Å². The summed E-state index contributed by atoms with van der Waals surface area (Å²) in [6.45, 7) is 10.0. The Morgan fingerprint density at radius 3 is 2.85 bits per heavy atom. The summed E-state index contributed by atoms with van der Waals surface area (Å²) in [6, 6.07) is 3.26. The Labute approximate surface area is 196 Å². The number of fused-ring (bicyclic) bond motifs is 3. The predicted octanol–water partition coefficient (Wildman–Crippen LogP) is 3.66. The van der Waals surface area contributed by atoms with Crippen LogP contribution < -0.4 is 9.64 Å². The first-order chi connectivity index (χ1) is 16.1. The minimum atomic E-state index is 0.263. The van der Waals surface area contributed by atoms with E-state index in [0.717, 1.165) is 47.2 Å². The van der Waals surface area contributed by atoms with Gasteiger partial charge in [-0.3, -0.25) is 10.00 Å². The standard InChI is InChI=1S/C23H28N8OS/c1-5-29-10-16-7-15(29)11-30(16)18-8-24-23(33-18)21-19(13(2)3)20(27-28-21)14-6-17(32-4)22-25-12-26-31(22)9-14/h6,8-9,12-13,15-16H,5,7,10-11H2,1-4H3,(H,27,28)/t15-,16-/m1/s1. The Hall–Kier alpha value is -2.98. The molecule has 1 N–H and O–H groups in total. The van der Waals surface area contributed by atoms with Gasteiger partial charge in [0.25, 0.3) is 0 Å². The molecule has 2 fully saturated rings. The van der Waals surface area contributed by atoms with Crippen LogP contribution in [0, 0.1) is 0 Å². The molecular formula is C23H28N8OS. The number of nitrogens with one attached hydrogen (secondary N) is 1. The number of piperazine rings is 1. The van der Waals surface area contributed by atoms with Gasteiger partial charge in [-0.15, -0.1) is 0 Å². The van der Waals surface area contributed by atoms with E-state index in [9.17, 15) is 0 Å². The van der Waals surface area contributed by atoms with E-state index in [0.29, 0.717) is 23.5 Å². The van der Waals surface area contributed by atoms with Crippen LogP contribution in [0.5, 0.6) is 5.75 Å². The van der Waals surface area contributed by atoms with Gasteiger partial charge in [0.2, 0.25) is 0 Å². The van der Waals surface area contributed by atoms with E-state index in [1.54, 1.807) is 23.0 Å². The zero-order chi connectivity index (χ0) is 22.7. The maximum Gasteiger partial charge on any atom is 0.197 e. The number of methoxy groups -OCH3 is 1. The lowest BCUT2D eigenvalue weighted by molar-refractivity contribution is 0.252. The molecule has 0 amide bonds. The van der Waals surface area contributed by atoms with E-state index in [1.165, 1.54) is 17.7 Å². The van der Waals surface area contributed by atoms with Crippen LogP contribution in [0.15, 0.2) is 24.8 Å². The van der Waals surface area contributed by atoms with Gasteiger partial charge in [0.05, 0.1) is 19.0 Å². The number of aromatic amines is 1. The van der Waals surface area contributed by atoms with Gasteiger partial charge in [-0.1, -0.05) is 32.1 Å². The average Bonchev–Trinajstić information content (AvgIpc) is 3.63. The van der Waals surface area contributed by atoms with Gasteiger partial charge in [-0.05, 0) is 24.9 Å². The smallest absolute Gasteiger partial charge is 0.197 e. The molecule has 4 aromatic heterocycles. The number of aromatic nitrogens is 6. The summed E-state index contributed by atoms with van der Waals surface area (Å²) < 4.78 is 7.30. The van der Waals surface area contributed by atoms with Crippen molar-refractivity contribution in [2.45, 2.75) is 45.2 Å². The van der Waals surface area contributed by atoms with Crippen LogP contribution in [-0.2, 0) is 0 Å². The van der Waals surface area contributed by atoms with Crippen molar-refractivity contribution in [1.29, 1.82) is 0 Å². The van der Waals surface area contributed by atoms with Crippen molar-refractivity contribution >= 4 is 22.0 Å². The Morgan fingerprint density at radius 1 is 1.24 bits per heavy atom. The zero-order valence-electron chi connectivity index (χ0n) is 19.3. The molecule has 0 aliphatic carbocycles. The minimum Gasteiger partial charge on any atom is -0.493 e. The molecule has 2 aliphatic rings. The molecule has 0 spiro atoms. The third kappa shape index (κ3) is 3.23. The van der Waals surface area contributed by atoms with Crippen molar-refractivity contribution in [2.24, 2.45) is 0 Å². The molecule has 9 nitrogen and oxygen atoms in total. The second-order valence-corrected chi connectivity index (χ2v) is 10.1. The minimum absolute atomic E-state index is 0.263. The normalized spacial score (nSPS) is 20.6. The van der Waals surface area contributed by atoms with Crippen LogP contribution >= 0.6 is 11.3 Å². The third-order valence-corrected chi connectivity index (χ3v) is 8.01. The molecule has 4 aromatic rings. The number of pyridine rings is 1. The molecule has 0 saturated carbocycles. The SMILES string of the molecule is CCN1C[C@H]2C[C@@H]1CN2c1cnc(-c2n[nH]c(-c3cc(OC)c4ncnn4c3)c2C(C)C)s1.